The van der Waals surface area contributed by atoms with Gasteiger partial charge in [-0.1, -0.05) is 19.4 Å². The average molecular weight is 216 g/mol. The molecule has 16 heavy (non-hydrogen) atoms. The number of hydrogen-bond donors (Lipinski definition) is 0. The summed E-state index contributed by atoms with van der Waals surface area (Å²) in [6.45, 7) is 7.28. The lowest BCUT2D eigenvalue weighted by atomic mass is 9.92. The minimum absolute atomic E-state index is 0.731. The molecule has 0 bridgehead atoms. The van der Waals surface area contributed by atoms with Gasteiger partial charge >= 0.3 is 0 Å². The standard InChI is InChI=1S/C15H20O/c1-4-5-6-13-7-8-16-14-10-11(2)9-12(3)15(13)14/h7,9-10H,4-6,8H2,1-3H3. The first kappa shape index (κ1) is 11.3. The number of fused-ring (bicyclic) bond motifs is 1. The molecule has 86 valence electrons. The van der Waals surface area contributed by atoms with Gasteiger partial charge in [0.25, 0.3) is 0 Å². The van der Waals surface area contributed by atoms with E-state index in [0.717, 1.165) is 12.4 Å². The second-order valence-corrected chi connectivity index (χ2v) is 4.60. The normalized spacial score (nSPS) is 14.1. The Kier molecular flexibility index (Phi) is 3.33. The van der Waals surface area contributed by atoms with Crippen LogP contribution >= 0.6 is 0 Å². The highest BCUT2D eigenvalue weighted by Gasteiger charge is 2.16. The fraction of sp³-hybridized carbons (Fsp3) is 0.467. The first-order valence-electron chi connectivity index (χ1n) is 6.16. The number of hydrogen-bond acceptors (Lipinski definition) is 1. The fourth-order valence-corrected chi connectivity index (χ4v) is 2.38. The zero-order chi connectivity index (χ0) is 11.5. The Morgan fingerprint density at radius 1 is 1.25 bits per heavy atom. The average Bonchev–Trinajstić information content (AvgIpc) is 2.25. The van der Waals surface area contributed by atoms with E-state index >= 15 is 0 Å². The Balaban J connectivity index is 2.37. The number of aryl methyl sites for hydroxylation is 2. The van der Waals surface area contributed by atoms with Gasteiger partial charge in [0, 0.05) is 5.56 Å². The summed E-state index contributed by atoms with van der Waals surface area (Å²) in [4.78, 5) is 0. The fourth-order valence-electron chi connectivity index (χ4n) is 2.38. The lowest BCUT2D eigenvalue weighted by Crippen LogP contribution is -2.06. The number of allylic oxidation sites excluding steroid dienone is 1. The number of rotatable bonds is 3. The molecule has 1 aliphatic rings. The summed E-state index contributed by atoms with van der Waals surface area (Å²) < 4.78 is 5.72. The zero-order valence-corrected chi connectivity index (χ0v) is 10.5. The van der Waals surface area contributed by atoms with Gasteiger partial charge in [-0.3, -0.25) is 0 Å². The predicted molar refractivity (Wildman–Crippen MR) is 68.9 cm³/mol. The number of benzene rings is 1. The summed E-state index contributed by atoms with van der Waals surface area (Å²) in [5.41, 5.74) is 5.44. The van der Waals surface area contributed by atoms with Gasteiger partial charge in [0.2, 0.25) is 0 Å². The van der Waals surface area contributed by atoms with Crippen LogP contribution in [0.3, 0.4) is 0 Å². The largest absolute Gasteiger partial charge is 0.489 e. The van der Waals surface area contributed by atoms with Crippen molar-refractivity contribution < 1.29 is 4.74 Å². The second-order valence-electron chi connectivity index (χ2n) is 4.60. The van der Waals surface area contributed by atoms with E-state index in [-0.39, 0.29) is 0 Å². The van der Waals surface area contributed by atoms with Gasteiger partial charge in [0.1, 0.15) is 12.4 Å². The Labute approximate surface area is 98.1 Å². The molecule has 0 saturated carbocycles. The number of unbranched alkanes of at least 4 members (excludes halogenated alkanes) is 1. The summed E-state index contributed by atoms with van der Waals surface area (Å²) in [7, 11) is 0. The lowest BCUT2D eigenvalue weighted by molar-refractivity contribution is 0.356. The summed E-state index contributed by atoms with van der Waals surface area (Å²) in [5.74, 6) is 1.08. The summed E-state index contributed by atoms with van der Waals surface area (Å²) >= 11 is 0. The highest BCUT2D eigenvalue weighted by molar-refractivity contribution is 5.75. The molecule has 0 atom stereocenters. The Morgan fingerprint density at radius 3 is 2.81 bits per heavy atom. The van der Waals surface area contributed by atoms with Gasteiger partial charge in [0.05, 0.1) is 0 Å². The molecule has 1 aromatic rings. The molecule has 0 aliphatic carbocycles. The van der Waals surface area contributed by atoms with E-state index in [1.54, 1.807) is 0 Å². The summed E-state index contributed by atoms with van der Waals surface area (Å²) in [6, 6.07) is 4.40. The molecule has 0 unspecified atom stereocenters. The molecule has 0 amide bonds. The van der Waals surface area contributed by atoms with Crippen LogP contribution in [0.2, 0.25) is 0 Å². The Morgan fingerprint density at radius 2 is 2.06 bits per heavy atom. The van der Waals surface area contributed by atoms with E-state index in [1.807, 2.05) is 0 Å². The monoisotopic (exact) mass is 216 g/mol. The van der Waals surface area contributed by atoms with Gasteiger partial charge in [-0.2, -0.15) is 0 Å². The SMILES string of the molecule is CCCCC1=CCOc2cc(C)cc(C)c21. The van der Waals surface area contributed by atoms with E-state index < -0.39 is 0 Å². The molecule has 0 aromatic heterocycles. The van der Waals surface area contributed by atoms with Crippen molar-refractivity contribution in [1.82, 2.24) is 0 Å². The van der Waals surface area contributed by atoms with Gasteiger partial charge in [-0.15, -0.1) is 0 Å². The van der Waals surface area contributed by atoms with Crippen molar-refractivity contribution >= 4 is 5.57 Å². The molecular formula is C15H20O. The smallest absolute Gasteiger partial charge is 0.127 e. The van der Waals surface area contributed by atoms with Crippen LogP contribution in [0.1, 0.15) is 42.9 Å². The van der Waals surface area contributed by atoms with Crippen molar-refractivity contribution in [2.75, 3.05) is 6.61 Å². The van der Waals surface area contributed by atoms with Crippen LogP contribution in [0, 0.1) is 13.8 Å². The predicted octanol–water partition coefficient (Wildman–Crippen LogP) is 4.27. The van der Waals surface area contributed by atoms with Crippen LogP contribution in [0.15, 0.2) is 18.2 Å². The van der Waals surface area contributed by atoms with Gasteiger partial charge < -0.3 is 4.74 Å². The molecule has 1 heterocycles. The highest BCUT2D eigenvalue weighted by atomic mass is 16.5. The third kappa shape index (κ3) is 2.13. The third-order valence-electron chi connectivity index (χ3n) is 3.13. The van der Waals surface area contributed by atoms with E-state index in [1.165, 1.54) is 41.5 Å². The summed E-state index contributed by atoms with van der Waals surface area (Å²) in [5, 5.41) is 0. The van der Waals surface area contributed by atoms with Crippen molar-refractivity contribution in [3.05, 3.63) is 34.9 Å². The first-order chi connectivity index (χ1) is 7.72. The van der Waals surface area contributed by atoms with Crippen LogP contribution in [-0.2, 0) is 0 Å². The van der Waals surface area contributed by atoms with Crippen molar-refractivity contribution in [3.63, 3.8) is 0 Å². The van der Waals surface area contributed by atoms with E-state index in [4.69, 9.17) is 4.74 Å². The van der Waals surface area contributed by atoms with E-state index in [2.05, 4.69) is 39.0 Å². The molecule has 1 heteroatoms. The van der Waals surface area contributed by atoms with Crippen LogP contribution in [-0.4, -0.2) is 6.61 Å². The quantitative estimate of drug-likeness (QED) is 0.733. The second kappa shape index (κ2) is 4.73. The van der Waals surface area contributed by atoms with Crippen molar-refractivity contribution in [2.45, 2.75) is 40.0 Å². The highest BCUT2D eigenvalue weighted by Crippen LogP contribution is 2.36. The van der Waals surface area contributed by atoms with E-state index in [0.29, 0.717) is 0 Å². The molecule has 1 nitrogen and oxygen atoms in total. The number of ether oxygens (including phenoxy) is 1. The van der Waals surface area contributed by atoms with Crippen LogP contribution < -0.4 is 4.74 Å². The maximum Gasteiger partial charge on any atom is 0.127 e. The molecule has 1 aliphatic heterocycles. The van der Waals surface area contributed by atoms with Gasteiger partial charge in [0.15, 0.2) is 0 Å². The molecule has 2 rings (SSSR count). The van der Waals surface area contributed by atoms with Crippen LogP contribution in [0.25, 0.3) is 5.57 Å². The van der Waals surface area contributed by atoms with E-state index in [9.17, 15) is 0 Å². The summed E-state index contributed by atoms with van der Waals surface area (Å²) in [6.07, 6.45) is 5.92. The van der Waals surface area contributed by atoms with Crippen molar-refractivity contribution in [2.24, 2.45) is 0 Å². The van der Waals surface area contributed by atoms with Crippen LogP contribution in [0.4, 0.5) is 0 Å². The van der Waals surface area contributed by atoms with Gasteiger partial charge in [-0.05, 0) is 55.5 Å². The maximum atomic E-state index is 5.72. The van der Waals surface area contributed by atoms with Crippen LogP contribution in [0.5, 0.6) is 5.75 Å². The molecule has 1 aromatic carbocycles. The zero-order valence-electron chi connectivity index (χ0n) is 10.5. The molecule has 0 radical (unpaired) electrons. The Hall–Kier alpha value is -1.24. The molecule has 0 saturated heterocycles. The molecule has 0 fully saturated rings. The van der Waals surface area contributed by atoms with Crippen molar-refractivity contribution in [1.29, 1.82) is 0 Å². The topological polar surface area (TPSA) is 9.23 Å². The third-order valence-corrected chi connectivity index (χ3v) is 3.13. The minimum atomic E-state index is 0.731. The molecular weight excluding hydrogens is 196 g/mol. The van der Waals surface area contributed by atoms with Crippen molar-refractivity contribution in [3.8, 4) is 5.75 Å². The maximum absolute atomic E-state index is 5.72. The Bertz CT molecular complexity index is 416. The first-order valence-corrected chi connectivity index (χ1v) is 6.16. The lowest BCUT2D eigenvalue weighted by Gasteiger charge is -2.21. The molecule has 0 N–H and O–H groups in total. The molecule has 0 spiro atoms. The minimum Gasteiger partial charge on any atom is -0.489 e. The van der Waals surface area contributed by atoms with Gasteiger partial charge in [-0.25, -0.2) is 0 Å².